The minimum atomic E-state index is -1.29. The summed E-state index contributed by atoms with van der Waals surface area (Å²) in [6.07, 6.45) is 19.7. The van der Waals surface area contributed by atoms with Crippen LogP contribution in [0.25, 0.3) is 0 Å². The first-order chi connectivity index (χ1) is 13.2. The normalized spacial score (nSPS) is 23.1. The summed E-state index contributed by atoms with van der Waals surface area (Å²) >= 11 is 0. The second kappa shape index (κ2) is 10.7. The fourth-order valence-corrected chi connectivity index (χ4v) is 10.8. The largest absolute Gasteiger partial charge is 0.321 e. The molecule has 0 unspecified atom stereocenters. The number of allylic oxidation sites excluding steroid dienone is 8. The molecule has 0 aromatic rings. The van der Waals surface area contributed by atoms with Crippen LogP contribution in [0.1, 0.15) is 52.4 Å². The molecule has 2 heterocycles. The third-order valence-corrected chi connectivity index (χ3v) is 14.9. The standard InChI is InChI=1S/2C12H20NSi.Hf/c2*1-11-6-7-12(10-11)14(2,3)13-8-4-5-9-13;/h2*6H,4-5,7-9H2,1-3H3;/q2*-1;. The summed E-state index contributed by atoms with van der Waals surface area (Å²) in [5.74, 6) is 0. The third kappa shape index (κ3) is 6.12. The van der Waals surface area contributed by atoms with E-state index in [0.717, 1.165) is 0 Å². The first-order valence-electron chi connectivity index (χ1n) is 11.3. The summed E-state index contributed by atoms with van der Waals surface area (Å²) < 4.78 is 5.48. The molecule has 0 bridgehead atoms. The molecule has 4 rings (SSSR count). The maximum absolute atomic E-state index is 3.57. The summed E-state index contributed by atoms with van der Waals surface area (Å²) in [6.45, 7) is 19.5. The van der Waals surface area contributed by atoms with Gasteiger partial charge in [-0.3, -0.25) is 12.2 Å². The van der Waals surface area contributed by atoms with E-state index in [4.69, 9.17) is 0 Å². The first-order valence-corrected chi connectivity index (χ1v) is 17.2. The Morgan fingerprint density at radius 3 is 1.21 bits per heavy atom. The van der Waals surface area contributed by atoms with E-state index in [2.05, 4.69) is 73.5 Å². The van der Waals surface area contributed by atoms with Crippen LogP contribution in [0.4, 0.5) is 0 Å². The first kappa shape index (κ1) is 25.4. The van der Waals surface area contributed by atoms with E-state index in [9.17, 15) is 0 Å². The Balaban J connectivity index is 0.000000200. The Kier molecular flexibility index (Phi) is 9.36. The van der Waals surface area contributed by atoms with E-state index < -0.39 is 16.5 Å². The summed E-state index contributed by atoms with van der Waals surface area (Å²) in [6, 6.07) is 0. The zero-order valence-corrected chi connectivity index (χ0v) is 25.2. The zero-order chi connectivity index (χ0) is 20.4. The van der Waals surface area contributed by atoms with E-state index in [-0.39, 0.29) is 25.8 Å². The van der Waals surface area contributed by atoms with Gasteiger partial charge in [-0.15, -0.1) is 0 Å². The van der Waals surface area contributed by atoms with Crippen molar-refractivity contribution in [1.82, 2.24) is 9.13 Å². The molecule has 2 saturated heterocycles. The Morgan fingerprint density at radius 1 is 0.655 bits per heavy atom. The van der Waals surface area contributed by atoms with Gasteiger partial charge in [0.2, 0.25) is 0 Å². The molecule has 0 N–H and O–H groups in total. The van der Waals surface area contributed by atoms with Crippen molar-refractivity contribution >= 4 is 16.5 Å². The third-order valence-electron chi connectivity index (χ3n) is 7.19. The molecule has 2 aliphatic heterocycles. The number of hydrogen-bond acceptors (Lipinski definition) is 2. The van der Waals surface area contributed by atoms with Crippen LogP contribution in [-0.4, -0.2) is 51.8 Å². The Labute approximate surface area is 201 Å². The fraction of sp³-hybridized carbons (Fsp3) is 0.667. The fourth-order valence-electron chi connectivity index (χ4n) is 4.93. The summed E-state index contributed by atoms with van der Waals surface area (Å²) in [7, 11) is -2.58. The van der Waals surface area contributed by atoms with Gasteiger partial charge in [-0.05, 0) is 51.9 Å². The molecule has 29 heavy (non-hydrogen) atoms. The van der Waals surface area contributed by atoms with Crippen LogP contribution in [0.15, 0.2) is 33.7 Å². The van der Waals surface area contributed by atoms with E-state index in [1.165, 1.54) is 75.9 Å². The molecule has 0 aromatic heterocycles. The minimum absolute atomic E-state index is 0. The van der Waals surface area contributed by atoms with E-state index >= 15 is 0 Å². The predicted molar refractivity (Wildman–Crippen MR) is 127 cm³/mol. The van der Waals surface area contributed by atoms with E-state index in [0.29, 0.717) is 0 Å². The molecule has 2 fully saturated rings. The Morgan fingerprint density at radius 2 is 0.966 bits per heavy atom. The van der Waals surface area contributed by atoms with Gasteiger partial charge in [-0.25, -0.2) is 23.3 Å². The Bertz CT molecular complexity index is 632. The second-order valence-electron chi connectivity index (χ2n) is 9.90. The van der Waals surface area contributed by atoms with Gasteiger partial charge in [0, 0.05) is 25.8 Å². The molecular weight excluding hydrogens is 551 g/mol. The van der Waals surface area contributed by atoms with Crippen LogP contribution in [-0.2, 0) is 25.8 Å². The monoisotopic (exact) mass is 592 g/mol. The predicted octanol–water partition coefficient (Wildman–Crippen LogP) is 5.81. The van der Waals surface area contributed by atoms with Crippen molar-refractivity contribution < 1.29 is 25.8 Å². The van der Waals surface area contributed by atoms with Crippen molar-refractivity contribution in [1.29, 1.82) is 0 Å². The molecule has 0 atom stereocenters. The van der Waals surface area contributed by atoms with Gasteiger partial charge in [0.15, 0.2) is 0 Å². The molecule has 160 valence electrons. The summed E-state index contributed by atoms with van der Waals surface area (Å²) in [4.78, 5) is 0. The molecule has 0 spiro atoms. The number of nitrogens with zero attached hydrogens (tertiary/aromatic N) is 2. The van der Waals surface area contributed by atoms with Crippen LogP contribution in [0, 0.1) is 12.2 Å². The van der Waals surface area contributed by atoms with Crippen molar-refractivity contribution in [2.24, 2.45) is 0 Å². The van der Waals surface area contributed by atoms with Crippen molar-refractivity contribution in [3.05, 3.63) is 45.8 Å². The molecule has 2 nitrogen and oxygen atoms in total. The quantitative estimate of drug-likeness (QED) is 0.301. The van der Waals surface area contributed by atoms with Crippen molar-refractivity contribution in [2.75, 3.05) is 26.2 Å². The van der Waals surface area contributed by atoms with Crippen molar-refractivity contribution in [2.45, 2.75) is 78.6 Å². The van der Waals surface area contributed by atoms with Gasteiger partial charge in [-0.2, -0.15) is 10.4 Å². The van der Waals surface area contributed by atoms with E-state index in [1.807, 2.05) is 0 Å². The molecule has 0 amide bonds. The molecule has 0 aromatic carbocycles. The van der Waals surface area contributed by atoms with Crippen molar-refractivity contribution in [3.63, 3.8) is 0 Å². The molecular formula is C24H40HfN2Si2-2. The van der Waals surface area contributed by atoms with Crippen molar-refractivity contribution in [3.8, 4) is 0 Å². The average molecular weight is 591 g/mol. The molecule has 5 heteroatoms. The zero-order valence-electron chi connectivity index (χ0n) is 19.6. The average Bonchev–Trinajstić information content (AvgIpc) is 3.42. The molecule has 0 radical (unpaired) electrons. The van der Waals surface area contributed by atoms with Crippen LogP contribution in [0.3, 0.4) is 0 Å². The molecule has 4 aliphatic rings. The van der Waals surface area contributed by atoms with Gasteiger partial charge >= 0.3 is 0 Å². The topological polar surface area (TPSA) is 6.48 Å². The summed E-state index contributed by atoms with van der Waals surface area (Å²) in [5, 5.41) is 3.22. The van der Waals surface area contributed by atoms with Crippen LogP contribution >= 0.6 is 0 Å². The maximum atomic E-state index is 3.57. The van der Waals surface area contributed by atoms with Gasteiger partial charge in [-0.1, -0.05) is 52.9 Å². The van der Waals surface area contributed by atoms with E-state index in [1.54, 1.807) is 10.4 Å². The summed E-state index contributed by atoms with van der Waals surface area (Å²) in [5.41, 5.74) is 2.69. The van der Waals surface area contributed by atoms with Gasteiger partial charge in [0.1, 0.15) is 16.5 Å². The smallest absolute Gasteiger partial charge is 0.130 e. The van der Waals surface area contributed by atoms with Crippen LogP contribution in [0.2, 0.25) is 26.2 Å². The number of hydrogen-bond donors (Lipinski definition) is 0. The van der Waals surface area contributed by atoms with Crippen LogP contribution < -0.4 is 0 Å². The van der Waals surface area contributed by atoms with Gasteiger partial charge < -0.3 is 9.13 Å². The van der Waals surface area contributed by atoms with Crippen LogP contribution in [0.5, 0.6) is 0 Å². The maximum Gasteiger partial charge on any atom is 0.130 e. The Hall–Kier alpha value is 0.184. The molecule has 0 saturated carbocycles. The SMILES string of the molecule is CC1=CCC([Si](C)(C)N2CCCC2)=[C-]1.CC1=CCC([Si](C)(C)N2CCCC2)=[C-]1.[Hf]. The van der Waals surface area contributed by atoms with Gasteiger partial charge in [0.05, 0.1) is 0 Å². The second-order valence-corrected chi connectivity index (χ2v) is 18.6. The molecule has 2 aliphatic carbocycles. The number of rotatable bonds is 4. The minimum Gasteiger partial charge on any atom is -0.321 e. The van der Waals surface area contributed by atoms with Gasteiger partial charge in [0.25, 0.3) is 0 Å².